The number of nitrogens with two attached hydrogens (primary N) is 1. The van der Waals surface area contributed by atoms with Gasteiger partial charge < -0.3 is 10.8 Å². The number of aliphatic hydroxyl groups excluding tert-OH is 1. The summed E-state index contributed by atoms with van der Waals surface area (Å²) in [7, 11) is 0. The van der Waals surface area contributed by atoms with E-state index in [4.69, 9.17) is 5.73 Å². The van der Waals surface area contributed by atoms with Gasteiger partial charge in [0, 0.05) is 25.2 Å². The third-order valence-corrected chi connectivity index (χ3v) is 4.04. The Labute approximate surface area is 95.9 Å². The zero-order valence-corrected chi connectivity index (χ0v) is 9.29. The molecule has 2 bridgehead atoms. The van der Waals surface area contributed by atoms with Crippen molar-refractivity contribution in [2.75, 3.05) is 6.54 Å². The summed E-state index contributed by atoms with van der Waals surface area (Å²) in [4.78, 5) is 2.37. The SMILES string of the molecule is N[C@@H]1[C@H]2C[C@@H]([C@H]1O)N(Cc1ccccc1)C2. The van der Waals surface area contributed by atoms with Crippen LogP contribution in [-0.2, 0) is 6.54 Å². The highest BCUT2D eigenvalue weighted by molar-refractivity contribution is 5.16. The third kappa shape index (κ3) is 1.56. The molecule has 2 fully saturated rings. The lowest BCUT2D eigenvalue weighted by Crippen LogP contribution is -2.51. The van der Waals surface area contributed by atoms with Crippen molar-refractivity contribution >= 4 is 0 Å². The number of fused-ring (bicyclic) bond motifs is 2. The molecule has 3 heteroatoms. The van der Waals surface area contributed by atoms with Crippen molar-refractivity contribution in [2.45, 2.75) is 31.2 Å². The Morgan fingerprint density at radius 1 is 1.31 bits per heavy atom. The molecule has 1 heterocycles. The van der Waals surface area contributed by atoms with Crippen LogP contribution in [0.5, 0.6) is 0 Å². The summed E-state index contributed by atoms with van der Waals surface area (Å²) in [6.45, 7) is 1.98. The molecule has 3 N–H and O–H groups in total. The van der Waals surface area contributed by atoms with E-state index in [0.29, 0.717) is 5.92 Å². The van der Waals surface area contributed by atoms with Gasteiger partial charge in [-0.15, -0.1) is 0 Å². The minimum atomic E-state index is -0.331. The van der Waals surface area contributed by atoms with Crippen LogP contribution in [0.1, 0.15) is 12.0 Å². The van der Waals surface area contributed by atoms with Gasteiger partial charge in [-0.05, 0) is 17.9 Å². The van der Waals surface area contributed by atoms with Gasteiger partial charge in [0.2, 0.25) is 0 Å². The van der Waals surface area contributed by atoms with Crippen molar-refractivity contribution in [3.05, 3.63) is 35.9 Å². The molecule has 1 aromatic rings. The Balaban J connectivity index is 1.71. The van der Waals surface area contributed by atoms with Gasteiger partial charge in [-0.25, -0.2) is 0 Å². The predicted octanol–water partition coefficient (Wildman–Crippen LogP) is 0.579. The zero-order valence-electron chi connectivity index (χ0n) is 9.29. The maximum Gasteiger partial charge on any atom is 0.0849 e. The highest BCUT2D eigenvalue weighted by Crippen LogP contribution is 2.37. The molecule has 1 aromatic carbocycles. The average molecular weight is 218 g/mol. The van der Waals surface area contributed by atoms with Crippen LogP contribution in [0, 0.1) is 5.92 Å². The first kappa shape index (κ1) is 10.3. The Hall–Kier alpha value is -0.900. The minimum absolute atomic E-state index is 0.00276. The lowest BCUT2D eigenvalue weighted by Gasteiger charge is -2.33. The second-order valence-corrected chi connectivity index (χ2v) is 5.05. The fourth-order valence-electron chi connectivity index (χ4n) is 3.14. The molecule has 16 heavy (non-hydrogen) atoms. The Morgan fingerprint density at radius 2 is 2.06 bits per heavy atom. The maximum atomic E-state index is 9.97. The van der Waals surface area contributed by atoms with Crippen LogP contribution >= 0.6 is 0 Å². The molecular weight excluding hydrogens is 200 g/mol. The number of nitrogens with zero attached hydrogens (tertiary/aromatic N) is 1. The molecule has 1 saturated heterocycles. The molecular formula is C13H18N2O. The van der Waals surface area contributed by atoms with Gasteiger partial charge in [0.25, 0.3) is 0 Å². The summed E-state index contributed by atoms with van der Waals surface area (Å²) in [5, 5.41) is 9.97. The summed E-state index contributed by atoms with van der Waals surface area (Å²) in [6.07, 6.45) is 0.734. The normalized spacial score (nSPS) is 38.1. The lowest BCUT2D eigenvalue weighted by atomic mass is 10.0. The average Bonchev–Trinajstić information content (AvgIpc) is 2.82. The predicted molar refractivity (Wildman–Crippen MR) is 62.7 cm³/mol. The van der Waals surface area contributed by atoms with Crippen molar-refractivity contribution in [2.24, 2.45) is 11.7 Å². The molecule has 1 aliphatic heterocycles. The van der Waals surface area contributed by atoms with Crippen molar-refractivity contribution in [1.29, 1.82) is 0 Å². The van der Waals surface area contributed by atoms with Gasteiger partial charge in [0.15, 0.2) is 0 Å². The van der Waals surface area contributed by atoms with Gasteiger partial charge in [-0.3, -0.25) is 4.90 Å². The van der Waals surface area contributed by atoms with Crippen LogP contribution < -0.4 is 5.73 Å². The van der Waals surface area contributed by atoms with Crippen LogP contribution in [0.2, 0.25) is 0 Å². The summed E-state index contributed by atoms with van der Waals surface area (Å²) in [5.41, 5.74) is 7.26. The molecule has 1 saturated carbocycles. The zero-order chi connectivity index (χ0) is 11.1. The second-order valence-electron chi connectivity index (χ2n) is 5.05. The molecule has 0 aromatic heterocycles. The number of rotatable bonds is 2. The van der Waals surface area contributed by atoms with E-state index in [2.05, 4.69) is 29.2 Å². The number of hydrogen-bond acceptors (Lipinski definition) is 3. The lowest BCUT2D eigenvalue weighted by molar-refractivity contribution is 0.0382. The first-order valence-corrected chi connectivity index (χ1v) is 5.97. The van der Waals surface area contributed by atoms with Gasteiger partial charge in [0.05, 0.1) is 6.10 Å². The summed E-state index contributed by atoms with van der Waals surface area (Å²) in [6, 6.07) is 10.7. The number of hydrogen-bond donors (Lipinski definition) is 2. The minimum Gasteiger partial charge on any atom is -0.390 e. The Bertz CT molecular complexity index is 365. The van der Waals surface area contributed by atoms with Gasteiger partial charge >= 0.3 is 0 Å². The molecule has 2 aliphatic rings. The van der Waals surface area contributed by atoms with Gasteiger partial charge in [0.1, 0.15) is 0 Å². The van der Waals surface area contributed by atoms with Crippen LogP contribution in [0.15, 0.2) is 30.3 Å². The number of aliphatic hydroxyl groups is 1. The first-order valence-electron chi connectivity index (χ1n) is 5.97. The fourth-order valence-corrected chi connectivity index (χ4v) is 3.14. The van der Waals surface area contributed by atoms with E-state index in [9.17, 15) is 5.11 Å². The summed E-state index contributed by atoms with van der Waals surface area (Å²) in [5.74, 6) is 0.490. The van der Waals surface area contributed by atoms with E-state index >= 15 is 0 Å². The van der Waals surface area contributed by atoms with Gasteiger partial charge in [-0.2, -0.15) is 0 Å². The van der Waals surface area contributed by atoms with E-state index in [-0.39, 0.29) is 18.2 Å². The molecule has 3 rings (SSSR count). The monoisotopic (exact) mass is 218 g/mol. The van der Waals surface area contributed by atoms with Crippen molar-refractivity contribution in [3.8, 4) is 0 Å². The molecule has 3 nitrogen and oxygen atoms in total. The van der Waals surface area contributed by atoms with Gasteiger partial charge in [-0.1, -0.05) is 30.3 Å². The van der Waals surface area contributed by atoms with Crippen LogP contribution in [0.3, 0.4) is 0 Å². The van der Waals surface area contributed by atoms with Crippen LogP contribution in [0.25, 0.3) is 0 Å². The van der Waals surface area contributed by atoms with Crippen molar-refractivity contribution in [1.82, 2.24) is 4.90 Å². The highest BCUT2D eigenvalue weighted by atomic mass is 16.3. The van der Waals surface area contributed by atoms with E-state index in [1.807, 2.05) is 6.07 Å². The van der Waals surface area contributed by atoms with Crippen molar-refractivity contribution < 1.29 is 5.11 Å². The number of piperidine rings is 1. The Kier molecular flexibility index (Phi) is 2.46. The maximum absolute atomic E-state index is 9.97. The Morgan fingerprint density at radius 3 is 2.69 bits per heavy atom. The summed E-state index contributed by atoms with van der Waals surface area (Å²) >= 11 is 0. The largest absolute Gasteiger partial charge is 0.390 e. The third-order valence-electron chi connectivity index (χ3n) is 4.04. The smallest absolute Gasteiger partial charge is 0.0849 e. The fraction of sp³-hybridized carbons (Fsp3) is 0.538. The van der Waals surface area contributed by atoms with E-state index in [1.54, 1.807) is 0 Å². The first-order chi connectivity index (χ1) is 7.75. The van der Waals surface area contributed by atoms with E-state index in [0.717, 1.165) is 19.5 Å². The second kappa shape index (κ2) is 3.84. The molecule has 0 unspecified atom stereocenters. The van der Waals surface area contributed by atoms with E-state index in [1.165, 1.54) is 5.56 Å². The highest BCUT2D eigenvalue weighted by Gasteiger charge is 2.49. The molecule has 4 atom stereocenters. The molecule has 0 radical (unpaired) electrons. The van der Waals surface area contributed by atoms with Crippen molar-refractivity contribution in [3.63, 3.8) is 0 Å². The standard InChI is InChI=1S/C13H18N2O/c14-12-10-6-11(13(12)16)15(8-10)7-9-4-2-1-3-5-9/h1-5,10-13,16H,6-8,14H2/t10-,11-,12+,13+/m0/s1. The van der Waals surface area contributed by atoms with E-state index < -0.39 is 0 Å². The number of likely N-dealkylation sites (tertiary alicyclic amines) is 1. The molecule has 86 valence electrons. The topological polar surface area (TPSA) is 49.5 Å². The van der Waals surface area contributed by atoms with Crippen LogP contribution in [0.4, 0.5) is 0 Å². The summed E-state index contributed by atoms with van der Waals surface area (Å²) < 4.78 is 0. The molecule has 1 aliphatic carbocycles. The number of benzene rings is 1. The van der Waals surface area contributed by atoms with Crippen LogP contribution in [-0.4, -0.2) is 34.7 Å². The molecule has 0 spiro atoms. The molecule has 0 amide bonds. The quantitative estimate of drug-likeness (QED) is 0.763.